The minimum absolute atomic E-state index is 0.0541. The molecule has 0 bridgehead atoms. The van der Waals surface area contributed by atoms with Crippen molar-refractivity contribution >= 4 is 17.2 Å². The number of thiophene rings is 1. The van der Waals surface area contributed by atoms with Crippen LogP contribution in [0.2, 0.25) is 0 Å². The fraction of sp³-hybridized carbons (Fsp3) is 0.545. The highest BCUT2D eigenvalue weighted by atomic mass is 32.1. The summed E-state index contributed by atoms with van der Waals surface area (Å²) in [6, 6.07) is 2.04. The molecule has 0 saturated carbocycles. The number of hydrogen-bond donors (Lipinski definition) is 1. The topological polar surface area (TPSA) is 41.6 Å². The van der Waals surface area contributed by atoms with Gasteiger partial charge >= 0.3 is 0 Å². The monoisotopic (exact) mass is 240 g/mol. The van der Waals surface area contributed by atoms with E-state index >= 15 is 0 Å². The predicted octanol–water partition coefficient (Wildman–Crippen LogP) is 0.695. The van der Waals surface area contributed by atoms with Crippen molar-refractivity contribution in [3.05, 3.63) is 22.4 Å². The van der Waals surface area contributed by atoms with E-state index in [-0.39, 0.29) is 12.0 Å². The zero-order valence-electron chi connectivity index (χ0n) is 9.31. The molecule has 1 aliphatic rings. The number of carbonyl (C=O) groups is 1. The largest absolute Gasteiger partial charge is 0.366 e. The summed E-state index contributed by atoms with van der Waals surface area (Å²) < 4.78 is 5.43. The molecule has 5 heteroatoms. The van der Waals surface area contributed by atoms with Gasteiger partial charge in [-0.05, 0) is 22.4 Å². The average Bonchev–Trinajstić information content (AvgIpc) is 2.82. The second kappa shape index (κ2) is 5.43. The molecule has 2 rings (SSSR count). The molecule has 16 heavy (non-hydrogen) atoms. The number of likely N-dealkylation sites (N-methyl/N-ethyl adjacent to an activating group) is 1. The minimum atomic E-state index is -0.322. The Morgan fingerprint density at radius 2 is 2.62 bits per heavy atom. The quantitative estimate of drug-likeness (QED) is 0.845. The number of rotatable bonds is 3. The van der Waals surface area contributed by atoms with Crippen LogP contribution < -0.4 is 5.32 Å². The van der Waals surface area contributed by atoms with Gasteiger partial charge in [0.1, 0.15) is 6.10 Å². The molecule has 1 aliphatic heterocycles. The van der Waals surface area contributed by atoms with Crippen molar-refractivity contribution < 1.29 is 9.53 Å². The molecule has 1 fully saturated rings. The van der Waals surface area contributed by atoms with E-state index in [9.17, 15) is 4.79 Å². The minimum Gasteiger partial charge on any atom is -0.366 e. The summed E-state index contributed by atoms with van der Waals surface area (Å²) in [6.07, 6.45) is -0.322. The highest BCUT2D eigenvalue weighted by molar-refractivity contribution is 7.07. The van der Waals surface area contributed by atoms with Crippen LogP contribution in [0.4, 0.5) is 0 Å². The van der Waals surface area contributed by atoms with Crippen molar-refractivity contribution in [3.63, 3.8) is 0 Å². The summed E-state index contributed by atoms with van der Waals surface area (Å²) in [5.41, 5.74) is 1.17. The maximum Gasteiger partial charge on any atom is 0.253 e. The maximum atomic E-state index is 12.0. The van der Waals surface area contributed by atoms with Gasteiger partial charge in [0.25, 0.3) is 5.91 Å². The number of ether oxygens (including phenoxy) is 1. The lowest BCUT2D eigenvalue weighted by Crippen LogP contribution is -2.48. The molecule has 1 atom stereocenters. The number of amides is 1. The van der Waals surface area contributed by atoms with Crippen LogP contribution in [0.3, 0.4) is 0 Å². The molecule has 1 amide bonds. The lowest BCUT2D eigenvalue weighted by molar-refractivity contribution is -0.144. The Bertz CT molecular complexity index is 334. The van der Waals surface area contributed by atoms with Gasteiger partial charge in [0.2, 0.25) is 0 Å². The first-order valence-corrected chi connectivity index (χ1v) is 6.30. The molecule has 1 unspecified atom stereocenters. The molecule has 1 N–H and O–H groups in total. The molecule has 1 saturated heterocycles. The van der Waals surface area contributed by atoms with E-state index in [2.05, 4.69) is 10.7 Å². The fourth-order valence-corrected chi connectivity index (χ4v) is 2.36. The van der Waals surface area contributed by atoms with Crippen LogP contribution in [-0.2, 0) is 16.1 Å². The average molecular weight is 240 g/mol. The molecule has 0 radical (unpaired) electrons. The van der Waals surface area contributed by atoms with Crippen LogP contribution in [0.25, 0.3) is 0 Å². The highest BCUT2D eigenvalue weighted by Crippen LogP contribution is 2.10. The van der Waals surface area contributed by atoms with E-state index < -0.39 is 0 Å². The van der Waals surface area contributed by atoms with Crippen molar-refractivity contribution in [2.45, 2.75) is 12.6 Å². The molecule has 1 aromatic heterocycles. The Morgan fingerprint density at radius 1 is 1.75 bits per heavy atom. The van der Waals surface area contributed by atoms with E-state index in [0.717, 1.165) is 6.54 Å². The number of carbonyl (C=O) groups excluding carboxylic acids is 1. The Kier molecular flexibility index (Phi) is 3.93. The molecule has 4 nitrogen and oxygen atoms in total. The number of nitrogens with zero attached hydrogens (tertiary/aromatic N) is 1. The van der Waals surface area contributed by atoms with E-state index in [1.54, 1.807) is 16.2 Å². The lowest BCUT2D eigenvalue weighted by atomic mass is 10.2. The molecular weight excluding hydrogens is 224 g/mol. The van der Waals surface area contributed by atoms with Crippen LogP contribution in [-0.4, -0.2) is 43.7 Å². The van der Waals surface area contributed by atoms with Crippen molar-refractivity contribution in [1.29, 1.82) is 0 Å². The summed E-state index contributed by atoms with van der Waals surface area (Å²) in [4.78, 5) is 13.7. The molecular formula is C11H16N2O2S. The predicted molar refractivity (Wildman–Crippen MR) is 63.4 cm³/mol. The molecule has 0 spiro atoms. The maximum absolute atomic E-state index is 12.0. The standard InChI is InChI=1S/C11H16N2O2S/c1-13(7-9-2-5-16-8-9)11(14)10-6-12-3-4-15-10/h2,5,8,10,12H,3-4,6-7H2,1H3. The first kappa shape index (κ1) is 11.6. The second-order valence-corrected chi connectivity index (χ2v) is 4.67. The van der Waals surface area contributed by atoms with E-state index in [1.807, 2.05) is 18.5 Å². The van der Waals surface area contributed by atoms with Crippen molar-refractivity contribution in [2.75, 3.05) is 26.7 Å². The Labute approximate surface area is 99.2 Å². The van der Waals surface area contributed by atoms with Crippen LogP contribution in [0, 0.1) is 0 Å². The van der Waals surface area contributed by atoms with E-state index in [0.29, 0.717) is 19.7 Å². The third-order valence-electron chi connectivity index (χ3n) is 2.58. The van der Waals surface area contributed by atoms with E-state index in [4.69, 9.17) is 4.74 Å². The smallest absolute Gasteiger partial charge is 0.253 e. The van der Waals surface area contributed by atoms with Crippen LogP contribution in [0.5, 0.6) is 0 Å². The van der Waals surface area contributed by atoms with Gasteiger partial charge in [0, 0.05) is 26.7 Å². The lowest BCUT2D eigenvalue weighted by Gasteiger charge is -2.27. The number of hydrogen-bond acceptors (Lipinski definition) is 4. The van der Waals surface area contributed by atoms with Gasteiger partial charge < -0.3 is 15.0 Å². The van der Waals surface area contributed by atoms with Gasteiger partial charge in [-0.3, -0.25) is 4.79 Å². The molecule has 0 aliphatic carbocycles. The highest BCUT2D eigenvalue weighted by Gasteiger charge is 2.24. The number of morpholine rings is 1. The Morgan fingerprint density at radius 3 is 3.25 bits per heavy atom. The molecule has 1 aromatic rings. The van der Waals surface area contributed by atoms with Gasteiger partial charge in [0.15, 0.2) is 0 Å². The normalized spacial score (nSPS) is 20.7. The SMILES string of the molecule is CN(Cc1ccsc1)C(=O)C1CNCCO1. The summed E-state index contributed by atoms with van der Waals surface area (Å²) in [5, 5.41) is 7.24. The molecule has 2 heterocycles. The zero-order chi connectivity index (χ0) is 11.4. The first-order chi connectivity index (χ1) is 7.77. The van der Waals surface area contributed by atoms with Crippen molar-refractivity contribution in [3.8, 4) is 0 Å². The van der Waals surface area contributed by atoms with E-state index in [1.165, 1.54) is 5.56 Å². The third kappa shape index (κ3) is 2.81. The van der Waals surface area contributed by atoms with Crippen LogP contribution >= 0.6 is 11.3 Å². The summed E-state index contributed by atoms with van der Waals surface area (Å²) >= 11 is 1.65. The first-order valence-electron chi connectivity index (χ1n) is 5.36. The molecule has 0 aromatic carbocycles. The van der Waals surface area contributed by atoms with Gasteiger partial charge in [-0.1, -0.05) is 0 Å². The van der Waals surface area contributed by atoms with Gasteiger partial charge in [0.05, 0.1) is 6.61 Å². The third-order valence-corrected chi connectivity index (χ3v) is 3.31. The fourth-order valence-electron chi connectivity index (χ4n) is 1.70. The Hall–Kier alpha value is -0.910. The van der Waals surface area contributed by atoms with Crippen LogP contribution in [0.1, 0.15) is 5.56 Å². The van der Waals surface area contributed by atoms with Gasteiger partial charge in [-0.2, -0.15) is 11.3 Å². The Balaban J connectivity index is 1.88. The van der Waals surface area contributed by atoms with Gasteiger partial charge in [-0.25, -0.2) is 0 Å². The van der Waals surface area contributed by atoms with Gasteiger partial charge in [-0.15, -0.1) is 0 Å². The summed E-state index contributed by atoms with van der Waals surface area (Å²) in [6.45, 7) is 2.72. The van der Waals surface area contributed by atoms with Crippen LogP contribution in [0.15, 0.2) is 16.8 Å². The summed E-state index contributed by atoms with van der Waals surface area (Å²) in [5.74, 6) is 0.0541. The zero-order valence-corrected chi connectivity index (χ0v) is 10.1. The van der Waals surface area contributed by atoms with Crippen molar-refractivity contribution in [1.82, 2.24) is 10.2 Å². The summed E-state index contributed by atoms with van der Waals surface area (Å²) in [7, 11) is 1.82. The molecule has 88 valence electrons. The number of nitrogens with one attached hydrogen (secondary N) is 1. The second-order valence-electron chi connectivity index (χ2n) is 3.89. The van der Waals surface area contributed by atoms with Crippen molar-refractivity contribution in [2.24, 2.45) is 0 Å².